The van der Waals surface area contributed by atoms with Crippen LogP contribution in [0.25, 0.3) is 0 Å². The summed E-state index contributed by atoms with van der Waals surface area (Å²) in [6, 6.07) is 0. The monoisotopic (exact) mass is 228 g/mol. The van der Waals surface area contributed by atoms with Gasteiger partial charge >= 0.3 is 23.1 Å². The van der Waals surface area contributed by atoms with Gasteiger partial charge in [0.1, 0.15) is 0 Å². The van der Waals surface area contributed by atoms with Gasteiger partial charge in [-0.15, -0.1) is 0 Å². The SMILES string of the molecule is [AlH3].[Cd].[MgH2].[Ni]. The van der Waals surface area contributed by atoms with Gasteiger partial charge in [0.05, 0.1) is 0 Å². The van der Waals surface area contributed by atoms with Crippen molar-refractivity contribution in [2.75, 3.05) is 0 Å². The van der Waals surface area contributed by atoms with E-state index >= 15 is 0 Å². The van der Waals surface area contributed by atoms with Crippen LogP contribution in [0.4, 0.5) is 0 Å². The maximum absolute atomic E-state index is 0. The first kappa shape index (κ1) is 29.8. The molecule has 4 heavy (non-hydrogen) atoms. The Bertz CT molecular complexity index is 8.00. The van der Waals surface area contributed by atoms with Crippen molar-refractivity contribution >= 4 is 40.4 Å². The van der Waals surface area contributed by atoms with E-state index in [1.165, 1.54) is 0 Å². The predicted molar refractivity (Wildman–Crippen MR) is 18.5 cm³/mol. The molecule has 0 rings (SSSR count). The molecule has 0 aliphatic heterocycles. The molecule has 0 saturated heterocycles. The van der Waals surface area contributed by atoms with Gasteiger partial charge < -0.3 is 0 Å². The molecule has 0 aromatic heterocycles. The van der Waals surface area contributed by atoms with Crippen LogP contribution >= 0.6 is 0 Å². The van der Waals surface area contributed by atoms with E-state index in [1.54, 1.807) is 0 Å². The average molecular weight is 227 g/mol. The van der Waals surface area contributed by atoms with Gasteiger partial charge in [0, 0.05) is 43.8 Å². The molecule has 0 atom stereocenters. The maximum Gasteiger partial charge on any atom is 0.316 e. The van der Waals surface area contributed by atoms with Crippen LogP contribution in [0.5, 0.6) is 0 Å². The Labute approximate surface area is 82.8 Å². The van der Waals surface area contributed by atoms with Crippen LogP contribution in [0.15, 0.2) is 0 Å². The molecule has 0 aliphatic carbocycles. The van der Waals surface area contributed by atoms with Crippen LogP contribution in [-0.4, -0.2) is 40.4 Å². The molecule has 0 aromatic rings. The summed E-state index contributed by atoms with van der Waals surface area (Å²) in [5.41, 5.74) is 0. The number of rotatable bonds is 0. The van der Waals surface area contributed by atoms with Gasteiger partial charge in [0.25, 0.3) is 0 Å². The summed E-state index contributed by atoms with van der Waals surface area (Å²) in [6.07, 6.45) is 0. The molecule has 0 bridgehead atoms. The predicted octanol–water partition coefficient (Wildman–Crippen LogP) is -2.11. The molecule has 22 valence electrons. The van der Waals surface area contributed by atoms with Crippen molar-refractivity contribution in [3.8, 4) is 0 Å². The standard InChI is InChI=1S/Al.Cd.Mg.Ni.5H. The van der Waals surface area contributed by atoms with Crippen molar-refractivity contribution in [1.82, 2.24) is 0 Å². The first-order chi connectivity index (χ1) is 0. The van der Waals surface area contributed by atoms with Crippen LogP contribution < -0.4 is 0 Å². The second-order valence-corrected chi connectivity index (χ2v) is 0. The zero-order valence-corrected chi connectivity index (χ0v) is 6.05. The quantitative estimate of drug-likeness (QED) is 0.416. The van der Waals surface area contributed by atoms with E-state index in [-0.39, 0.29) is 84.2 Å². The van der Waals surface area contributed by atoms with Gasteiger partial charge in [-0.3, -0.25) is 0 Å². The van der Waals surface area contributed by atoms with E-state index < -0.39 is 0 Å². The molecule has 4 heteroatoms. The first-order valence-corrected chi connectivity index (χ1v) is 0. The van der Waals surface area contributed by atoms with Crippen LogP contribution in [0.2, 0.25) is 0 Å². The third-order valence-corrected chi connectivity index (χ3v) is 0. The Kier molecular flexibility index (Phi) is 128. The second-order valence-electron chi connectivity index (χ2n) is 0. The minimum absolute atomic E-state index is 0. The van der Waals surface area contributed by atoms with Crippen molar-refractivity contribution in [3.05, 3.63) is 0 Å². The fraction of sp³-hybridized carbons (Fsp3) is 0. The summed E-state index contributed by atoms with van der Waals surface area (Å²) in [7, 11) is 0. The molecule has 0 aliphatic rings. The van der Waals surface area contributed by atoms with Gasteiger partial charge in [0.15, 0.2) is 17.4 Å². The summed E-state index contributed by atoms with van der Waals surface area (Å²) in [5.74, 6) is 0. The fourth-order valence-corrected chi connectivity index (χ4v) is 0. The summed E-state index contributed by atoms with van der Waals surface area (Å²) < 4.78 is 0. The van der Waals surface area contributed by atoms with E-state index in [2.05, 4.69) is 0 Å². The molecule has 0 nitrogen and oxygen atoms in total. The van der Waals surface area contributed by atoms with Crippen LogP contribution in [-0.2, 0) is 43.8 Å². The Hall–Kier alpha value is 2.71. The van der Waals surface area contributed by atoms with Crippen molar-refractivity contribution < 1.29 is 43.8 Å². The molecule has 0 N–H and O–H groups in total. The van der Waals surface area contributed by atoms with E-state index in [9.17, 15) is 0 Å². The van der Waals surface area contributed by atoms with Crippen LogP contribution in [0.1, 0.15) is 0 Å². The van der Waals surface area contributed by atoms with Crippen LogP contribution in [0.3, 0.4) is 0 Å². The zero-order valence-electron chi connectivity index (χ0n) is 1.02. The van der Waals surface area contributed by atoms with Crippen molar-refractivity contribution in [2.24, 2.45) is 0 Å². The average Bonchev–Trinajstić information content (AvgIpc) is 0. The number of hydrogen-bond donors (Lipinski definition) is 0. The third-order valence-electron chi connectivity index (χ3n) is 0. The molecular formula is H5AlCdMgNi. The van der Waals surface area contributed by atoms with Crippen molar-refractivity contribution in [1.29, 1.82) is 0 Å². The van der Waals surface area contributed by atoms with Gasteiger partial charge in [-0.25, -0.2) is 0 Å². The Balaban J connectivity index is 0. The minimum atomic E-state index is 0. The summed E-state index contributed by atoms with van der Waals surface area (Å²) in [4.78, 5) is 0. The molecule has 0 heterocycles. The molecule has 0 saturated carbocycles. The Morgan fingerprint density at radius 3 is 1.00 bits per heavy atom. The van der Waals surface area contributed by atoms with Gasteiger partial charge in [0.2, 0.25) is 0 Å². The van der Waals surface area contributed by atoms with E-state index in [0.29, 0.717) is 0 Å². The van der Waals surface area contributed by atoms with Gasteiger partial charge in [-0.2, -0.15) is 0 Å². The maximum atomic E-state index is 0. The van der Waals surface area contributed by atoms with Gasteiger partial charge in [-0.05, 0) is 0 Å². The number of hydrogen-bond acceptors (Lipinski definition) is 0. The summed E-state index contributed by atoms with van der Waals surface area (Å²) >= 11 is 0. The fourth-order valence-electron chi connectivity index (χ4n) is 0. The second kappa shape index (κ2) is 17.2. The summed E-state index contributed by atoms with van der Waals surface area (Å²) in [6.45, 7) is 0. The smallest absolute Gasteiger partial charge is 0 e. The van der Waals surface area contributed by atoms with Crippen molar-refractivity contribution in [2.45, 2.75) is 0 Å². The van der Waals surface area contributed by atoms with E-state index in [1.807, 2.05) is 0 Å². The molecule has 0 radical (unpaired) electrons. The molecule has 0 amide bonds. The van der Waals surface area contributed by atoms with E-state index in [4.69, 9.17) is 0 Å². The van der Waals surface area contributed by atoms with Crippen molar-refractivity contribution in [3.63, 3.8) is 0 Å². The molecule has 0 spiro atoms. The Morgan fingerprint density at radius 1 is 1.00 bits per heavy atom. The van der Waals surface area contributed by atoms with E-state index in [0.717, 1.165) is 0 Å². The first-order valence-electron chi connectivity index (χ1n) is 0. The molecular weight excluding hydrogens is 222 g/mol. The Morgan fingerprint density at radius 2 is 1.00 bits per heavy atom. The minimum Gasteiger partial charge on any atom is 0 e. The molecule has 0 unspecified atom stereocenters. The summed E-state index contributed by atoms with van der Waals surface area (Å²) in [5, 5.41) is 0. The largest absolute Gasteiger partial charge is 0.316 e. The van der Waals surface area contributed by atoms with Gasteiger partial charge in [-0.1, -0.05) is 0 Å². The molecule has 0 fully saturated rings. The van der Waals surface area contributed by atoms with Crippen LogP contribution in [0, 0.1) is 0 Å². The third kappa shape index (κ3) is 8.83. The molecule has 0 aromatic carbocycles. The topological polar surface area (TPSA) is 0 Å². The zero-order chi connectivity index (χ0) is 0. The normalized spacial score (nSPS) is 0.